The van der Waals surface area contributed by atoms with Crippen molar-refractivity contribution in [3.05, 3.63) is 48.0 Å². The van der Waals surface area contributed by atoms with Crippen molar-refractivity contribution in [1.29, 1.82) is 0 Å². The zero-order valence-corrected chi connectivity index (χ0v) is 9.49. The molecule has 0 aliphatic heterocycles. The van der Waals surface area contributed by atoms with E-state index >= 15 is 0 Å². The molecular weight excluding hydrogens is 198 g/mol. The van der Waals surface area contributed by atoms with E-state index in [0.717, 1.165) is 16.8 Å². The van der Waals surface area contributed by atoms with Gasteiger partial charge in [-0.1, -0.05) is 35.9 Å². The third kappa shape index (κ3) is 2.01. The third-order valence-corrected chi connectivity index (χ3v) is 2.65. The fourth-order valence-corrected chi connectivity index (χ4v) is 1.66. The van der Waals surface area contributed by atoms with E-state index in [4.69, 9.17) is 0 Å². The molecule has 0 radical (unpaired) electrons. The van der Waals surface area contributed by atoms with Gasteiger partial charge < -0.3 is 10.4 Å². The van der Waals surface area contributed by atoms with E-state index in [1.54, 1.807) is 13.1 Å². The number of aromatic hydroxyl groups is 1. The summed E-state index contributed by atoms with van der Waals surface area (Å²) in [5, 5.41) is 12.5. The molecule has 0 atom stereocenters. The van der Waals surface area contributed by atoms with E-state index in [2.05, 4.69) is 36.5 Å². The van der Waals surface area contributed by atoms with Crippen molar-refractivity contribution in [1.82, 2.24) is 0 Å². The Kier molecular flexibility index (Phi) is 2.82. The van der Waals surface area contributed by atoms with Crippen molar-refractivity contribution < 1.29 is 5.11 Å². The fourth-order valence-electron chi connectivity index (χ4n) is 1.66. The zero-order valence-electron chi connectivity index (χ0n) is 9.49. The molecule has 0 unspecified atom stereocenters. The predicted octanol–water partition coefficient (Wildman–Crippen LogP) is 3.41. The van der Waals surface area contributed by atoms with E-state index in [-0.39, 0.29) is 5.75 Å². The Hall–Kier alpha value is -1.96. The summed E-state index contributed by atoms with van der Waals surface area (Å²) in [7, 11) is 1.80. The van der Waals surface area contributed by atoms with Crippen LogP contribution >= 0.6 is 0 Å². The molecular formula is C14H15NO. The van der Waals surface area contributed by atoms with Gasteiger partial charge in [0, 0.05) is 7.05 Å². The van der Waals surface area contributed by atoms with E-state index < -0.39 is 0 Å². The van der Waals surface area contributed by atoms with Gasteiger partial charge in [-0.3, -0.25) is 0 Å². The number of rotatable bonds is 2. The molecule has 0 amide bonds. The Labute approximate surface area is 95.6 Å². The van der Waals surface area contributed by atoms with Crippen molar-refractivity contribution in [3.8, 4) is 16.9 Å². The largest absolute Gasteiger partial charge is 0.506 e. The molecule has 2 N–H and O–H groups in total. The summed E-state index contributed by atoms with van der Waals surface area (Å²) in [6.07, 6.45) is 0. The molecule has 2 aromatic carbocycles. The van der Waals surface area contributed by atoms with Crippen LogP contribution in [0.4, 0.5) is 5.69 Å². The molecule has 16 heavy (non-hydrogen) atoms. The Morgan fingerprint density at radius 1 is 0.938 bits per heavy atom. The summed E-state index contributed by atoms with van der Waals surface area (Å²) in [6.45, 7) is 2.07. The highest BCUT2D eigenvalue weighted by molar-refractivity contribution is 5.71. The highest BCUT2D eigenvalue weighted by Crippen LogP contribution is 2.29. The molecule has 0 saturated carbocycles. The number of nitrogens with one attached hydrogen (secondary N) is 1. The quantitative estimate of drug-likeness (QED) is 0.749. The van der Waals surface area contributed by atoms with Gasteiger partial charge in [0.25, 0.3) is 0 Å². The molecule has 0 saturated heterocycles. The minimum absolute atomic E-state index is 0.276. The molecule has 0 bridgehead atoms. The van der Waals surface area contributed by atoms with Crippen LogP contribution < -0.4 is 5.32 Å². The van der Waals surface area contributed by atoms with Crippen LogP contribution in [0.5, 0.6) is 5.75 Å². The van der Waals surface area contributed by atoms with E-state index in [1.807, 2.05) is 12.1 Å². The first-order valence-corrected chi connectivity index (χ1v) is 5.28. The molecule has 2 nitrogen and oxygen atoms in total. The summed E-state index contributed by atoms with van der Waals surface area (Å²) < 4.78 is 0. The highest BCUT2D eigenvalue weighted by atomic mass is 16.3. The van der Waals surface area contributed by atoms with Gasteiger partial charge in [0.2, 0.25) is 0 Å². The Bertz CT molecular complexity index is 489. The molecule has 2 rings (SSSR count). The summed E-state index contributed by atoms with van der Waals surface area (Å²) >= 11 is 0. The monoisotopic (exact) mass is 213 g/mol. The maximum Gasteiger partial charge on any atom is 0.138 e. The predicted molar refractivity (Wildman–Crippen MR) is 67.8 cm³/mol. The molecule has 0 aliphatic rings. The molecule has 0 aliphatic carbocycles. The molecule has 82 valence electrons. The summed E-state index contributed by atoms with van der Waals surface area (Å²) in [5.74, 6) is 0.276. The lowest BCUT2D eigenvalue weighted by Gasteiger charge is -2.07. The van der Waals surface area contributed by atoms with Crippen molar-refractivity contribution in [3.63, 3.8) is 0 Å². The van der Waals surface area contributed by atoms with Crippen LogP contribution in [0.2, 0.25) is 0 Å². The maximum atomic E-state index is 9.56. The molecule has 2 aromatic rings. The van der Waals surface area contributed by atoms with E-state index in [1.165, 1.54) is 5.56 Å². The Balaban J connectivity index is 2.44. The lowest BCUT2D eigenvalue weighted by molar-refractivity contribution is 0.477. The number of phenolic OH excluding ortho intramolecular Hbond substituents is 1. The molecule has 0 aromatic heterocycles. The standard InChI is InChI=1S/C14H15NO/c1-10-3-5-11(6-4-10)12-7-8-14(16)13(9-12)15-2/h3-9,15-16H,1-2H3. The number of anilines is 1. The van der Waals surface area contributed by atoms with Gasteiger partial charge in [-0.05, 0) is 30.2 Å². The van der Waals surface area contributed by atoms with Crippen LogP contribution in [0.15, 0.2) is 42.5 Å². The minimum atomic E-state index is 0.276. The second-order valence-corrected chi connectivity index (χ2v) is 3.85. The summed E-state index contributed by atoms with van der Waals surface area (Å²) in [6, 6.07) is 13.9. The van der Waals surface area contributed by atoms with Crippen LogP contribution in [0.1, 0.15) is 5.56 Å². The van der Waals surface area contributed by atoms with E-state index in [0.29, 0.717) is 0 Å². The van der Waals surface area contributed by atoms with Gasteiger partial charge >= 0.3 is 0 Å². The lowest BCUT2D eigenvalue weighted by atomic mass is 10.0. The average Bonchev–Trinajstić information content (AvgIpc) is 2.31. The van der Waals surface area contributed by atoms with Crippen molar-refractivity contribution in [2.24, 2.45) is 0 Å². The maximum absolute atomic E-state index is 9.56. The number of benzene rings is 2. The lowest BCUT2D eigenvalue weighted by Crippen LogP contribution is -1.89. The Morgan fingerprint density at radius 3 is 2.19 bits per heavy atom. The molecule has 0 heterocycles. The zero-order chi connectivity index (χ0) is 11.5. The smallest absolute Gasteiger partial charge is 0.138 e. The summed E-state index contributed by atoms with van der Waals surface area (Å²) in [5.41, 5.74) is 4.25. The highest BCUT2D eigenvalue weighted by Gasteiger charge is 2.02. The van der Waals surface area contributed by atoms with Crippen LogP contribution in [0.3, 0.4) is 0 Å². The third-order valence-electron chi connectivity index (χ3n) is 2.65. The number of phenols is 1. The van der Waals surface area contributed by atoms with Gasteiger partial charge in [-0.25, -0.2) is 0 Å². The van der Waals surface area contributed by atoms with Crippen molar-refractivity contribution in [2.75, 3.05) is 12.4 Å². The minimum Gasteiger partial charge on any atom is -0.506 e. The number of hydrogen-bond donors (Lipinski definition) is 2. The normalized spacial score (nSPS) is 10.1. The van der Waals surface area contributed by atoms with Gasteiger partial charge in [0.15, 0.2) is 0 Å². The van der Waals surface area contributed by atoms with E-state index in [9.17, 15) is 5.11 Å². The van der Waals surface area contributed by atoms with Gasteiger partial charge in [-0.15, -0.1) is 0 Å². The van der Waals surface area contributed by atoms with Crippen molar-refractivity contribution >= 4 is 5.69 Å². The first-order valence-electron chi connectivity index (χ1n) is 5.28. The Morgan fingerprint density at radius 2 is 1.56 bits per heavy atom. The summed E-state index contributed by atoms with van der Waals surface area (Å²) in [4.78, 5) is 0. The van der Waals surface area contributed by atoms with Gasteiger partial charge in [0.05, 0.1) is 5.69 Å². The second-order valence-electron chi connectivity index (χ2n) is 3.85. The van der Waals surface area contributed by atoms with Gasteiger partial charge in [-0.2, -0.15) is 0 Å². The molecule has 0 spiro atoms. The topological polar surface area (TPSA) is 32.3 Å². The SMILES string of the molecule is CNc1cc(-c2ccc(C)cc2)ccc1O. The van der Waals surface area contributed by atoms with Gasteiger partial charge in [0.1, 0.15) is 5.75 Å². The first kappa shape index (κ1) is 10.6. The fraction of sp³-hybridized carbons (Fsp3) is 0.143. The van der Waals surface area contributed by atoms with Crippen LogP contribution in [-0.2, 0) is 0 Å². The first-order chi connectivity index (χ1) is 7.70. The van der Waals surface area contributed by atoms with Crippen molar-refractivity contribution in [2.45, 2.75) is 6.92 Å². The average molecular weight is 213 g/mol. The molecule has 0 fully saturated rings. The van der Waals surface area contributed by atoms with Crippen LogP contribution in [-0.4, -0.2) is 12.2 Å². The molecule has 2 heteroatoms. The second kappa shape index (κ2) is 4.27. The number of hydrogen-bond acceptors (Lipinski definition) is 2. The van der Waals surface area contributed by atoms with Crippen LogP contribution in [0.25, 0.3) is 11.1 Å². The van der Waals surface area contributed by atoms with Crippen LogP contribution in [0, 0.1) is 6.92 Å². The number of aryl methyl sites for hydroxylation is 1.